The van der Waals surface area contributed by atoms with Crippen molar-refractivity contribution < 1.29 is 9.53 Å². The number of carbonyl (C=O) groups excluding carboxylic acids is 1. The number of aromatic nitrogens is 1. The van der Waals surface area contributed by atoms with Gasteiger partial charge in [0.1, 0.15) is 11.5 Å². The molecule has 0 bridgehead atoms. The van der Waals surface area contributed by atoms with E-state index in [0.717, 1.165) is 36.9 Å². The number of fused-ring (bicyclic) bond motifs is 1. The van der Waals surface area contributed by atoms with E-state index >= 15 is 0 Å². The SMILES string of the molecule is COc1ccc2c(CC3CCCCC3=O)c[nH]c2c1. The van der Waals surface area contributed by atoms with Crippen LogP contribution in [-0.4, -0.2) is 17.9 Å². The van der Waals surface area contributed by atoms with Crippen molar-refractivity contribution in [3.63, 3.8) is 0 Å². The van der Waals surface area contributed by atoms with E-state index in [9.17, 15) is 4.79 Å². The third kappa shape index (κ3) is 2.37. The Morgan fingerprint density at radius 1 is 1.37 bits per heavy atom. The number of Topliss-reactive ketones (excluding diaryl/α,β-unsaturated/α-hetero) is 1. The van der Waals surface area contributed by atoms with Gasteiger partial charge < -0.3 is 9.72 Å². The third-order valence-corrected chi connectivity index (χ3v) is 4.12. The zero-order valence-electron chi connectivity index (χ0n) is 11.2. The van der Waals surface area contributed by atoms with Gasteiger partial charge in [0.05, 0.1) is 7.11 Å². The lowest BCUT2D eigenvalue weighted by atomic mass is 9.84. The van der Waals surface area contributed by atoms with E-state index in [1.54, 1.807) is 7.11 Å². The fourth-order valence-electron chi connectivity index (χ4n) is 3.00. The number of hydrogen-bond acceptors (Lipinski definition) is 2. The van der Waals surface area contributed by atoms with Crippen molar-refractivity contribution in [1.29, 1.82) is 0 Å². The van der Waals surface area contributed by atoms with Gasteiger partial charge in [-0.2, -0.15) is 0 Å². The van der Waals surface area contributed by atoms with Gasteiger partial charge >= 0.3 is 0 Å². The number of nitrogens with one attached hydrogen (secondary N) is 1. The molecular weight excluding hydrogens is 238 g/mol. The van der Waals surface area contributed by atoms with Crippen molar-refractivity contribution in [2.75, 3.05) is 7.11 Å². The highest BCUT2D eigenvalue weighted by molar-refractivity contribution is 5.86. The van der Waals surface area contributed by atoms with Crippen LogP contribution in [0.25, 0.3) is 10.9 Å². The molecule has 0 radical (unpaired) electrons. The summed E-state index contributed by atoms with van der Waals surface area (Å²) in [6.07, 6.45) is 6.96. The first-order chi connectivity index (χ1) is 9.28. The van der Waals surface area contributed by atoms with Gasteiger partial charge in [-0.3, -0.25) is 4.79 Å². The lowest BCUT2D eigenvalue weighted by molar-refractivity contribution is -0.124. The van der Waals surface area contributed by atoms with Gasteiger partial charge in [-0.15, -0.1) is 0 Å². The number of H-pyrrole nitrogens is 1. The summed E-state index contributed by atoms with van der Waals surface area (Å²) in [4.78, 5) is 15.2. The molecule has 1 aliphatic carbocycles. The van der Waals surface area contributed by atoms with Crippen LogP contribution in [0.1, 0.15) is 31.2 Å². The Balaban J connectivity index is 1.86. The first-order valence-corrected chi connectivity index (χ1v) is 6.94. The lowest BCUT2D eigenvalue weighted by Gasteiger charge is -2.19. The molecule has 2 aromatic rings. The molecule has 1 N–H and O–H groups in total. The molecule has 0 aliphatic heterocycles. The van der Waals surface area contributed by atoms with Crippen LogP contribution < -0.4 is 4.74 Å². The number of ketones is 1. The van der Waals surface area contributed by atoms with Crippen LogP contribution in [0, 0.1) is 5.92 Å². The van der Waals surface area contributed by atoms with E-state index in [1.807, 2.05) is 18.3 Å². The first kappa shape index (κ1) is 12.3. The second-order valence-electron chi connectivity index (χ2n) is 5.34. The van der Waals surface area contributed by atoms with Crippen LogP contribution in [-0.2, 0) is 11.2 Å². The molecular formula is C16H19NO2. The number of aromatic amines is 1. The van der Waals surface area contributed by atoms with Crippen LogP contribution in [0.3, 0.4) is 0 Å². The Morgan fingerprint density at radius 3 is 3.05 bits per heavy atom. The highest BCUT2D eigenvalue weighted by Crippen LogP contribution is 2.29. The first-order valence-electron chi connectivity index (χ1n) is 6.94. The van der Waals surface area contributed by atoms with Crippen molar-refractivity contribution in [1.82, 2.24) is 4.98 Å². The molecule has 1 atom stereocenters. The Morgan fingerprint density at radius 2 is 2.26 bits per heavy atom. The molecule has 3 rings (SSSR count). The summed E-state index contributed by atoms with van der Waals surface area (Å²) in [5, 5.41) is 1.21. The lowest BCUT2D eigenvalue weighted by Crippen LogP contribution is -2.20. The largest absolute Gasteiger partial charge is 0.497 e. The summed E-state index contributed by atoms with van der Waals surface area (Å²) in [5.74, 6) is 1.51. The Labute approximate surface area is 113 Å². The predicted molar refractivity (Wildman–Crippen MR) is 75.5 cm³/mol. The summed E-state index contributed by atoms with van der Waals surface area (Å²) in [5.41, 5.74) is 2.33. The Bertz CT molecular complexity index is 600. The maximum atomic E-state index is 11.9. The third-order valence-electron chi connectivity index (χ3n) is 4.12. The fraction of sp³-hybridized carbons (Fsp3) is 0.438. The molecule has 1 heterocycles. The number of methoxy groups -OCH3 is 1. The summed E-state index contributed by atoms with van der Waals surface area (Å²) in [7, 11) is 1.67. The maximum Gasteiger partial charge on any atom is 0.136 e. The monoisotopic (exact) mass is 257 g/mol. The average molecular weight is 257 g/mol. The molecule has 1 unspecified atom stereocenters. The molecule has 3 heteroatoms. The van der Waals surface area contributed by atoms with E-state index in [1.165, 1.54) is 17.4 Å². The molecule has 3 nitrogen and oxygen atoms in total. The minimum atomic E-state index is 0.217. The minimum Gasteiger partial charge on any atom is -0.497 e. The summed E-state index contributed by atoms with van der Waals surface area (Å²) < 4.78 is 5.22. The predicted octanol–water partition coefficient (Wildman–Crippen LogP) is 3.48. The number of benzene rings is 1. The molecule has 0 saturated heterocycles. The molecule has 1 aromatic heterocycles. The van der Waals surface area contributed by atoms with E-state index in [-0.39, 0.29) is 5.92 Å². The number of carbonyl (C=O) groups is 1. The highest BCUT2D eigenvalue weighted by atomic mass is 16.5. The summed E-state index contributed by atoms with van der Waals surface area (Å²) >= 11 is 0. The van der Waals surface area contributed by atoms with Crippen molar-refractivity contribution in [2.45, 2.75) is 32.1 Å². The van der Waals surface area contributed by atoms with Crippen LogP contribution in [0.2, 0.25) is 0 Å². The Hall–Kier alpha value is -1.77. The topological polar surface area (TPSA) is 42.1 Å². The number of ether oxygens (including phenoxy) is 1. The zero-order valence-corrected chi connectivity index (χ0v) is 11.2. The highest BCUT2D eigenvalue weighted by Gasteiger charge is 2.23. The fourth-order valence-corrected chi connectivity index (χ4v) is 3.00. The van der Waals surface area contributed by atoms with Gasteiger partial charge in [-0.1, -0.05) is 6.42 Å². The van der Waals surface area contributed by atoms with Crippen LogP contribution in [0.5, 0.6) is 5.75 Å². The molecule has 1 fully saturated rings. The molecule has 0 amide bonds. The van der Waals surface area contributed by atoms with Crippen LogP contribution >= 0.6 is 0 Å². The standard InChI is InChI=1S/C16H19NO2/c1-19-13-6-7-14-12(10-17-15(14)9-13)8-11-4-2-3-5-16(11)18/h6-7,9-11,17H,2-5,8H2,1H3. The van der Waals surface area contributed by atoms with Crippen molar-refractivity contribution in [3.8, 4) is 5.75 Å². The van der Waals surface area contributed by atoms with Gasteiger partial charge in [0.2, 0.25) is 0 Å². The number of hydrogen-bond donors (Lipinski definition) is 1. The van der Waals surface area contributed by atoms with E-state index in [2.05, 4.69) is 11.1 Å². The average Bonchev–Trinajstić information content (AvgIpc) is 2.83. The smallest absolute Gasteiger partial charge is 0.136 e. The molecule has 1 saturated carbocycles. The van der Waals surface area contributed by atoms with E-state index in [4.69, 9.17) is 4.74 Å². The molecule has 1 aliphatic rings. The second-order valence-corrected chi connectivity index (χ2v) is 5.34. The Kier molecular flexibility index (Phi) is 3.28. The normalized spacial score (nSPS) is 19.8. The van der Waals surface area contributed by atoms with Gasteiger partial charge in [0, 0.05) is 35.5 Å². The molecule has 19 heavy (non-hydrogen) atoms. The van der Waals surface area contributed by atoms with E-state index < -0.39 is 0 Å². The molecule has 1 aromatic carbocycles. The van der Waals surface area contributed by atoms with E-state index in [0.29, 0.717) is 5.78 Å². The van der Waals surface area contributed by atoms with Crippen molar-refractivity contribution in [2.24, 2.45) is 5.92 Å². The zero-order chi connectivity index (χ0) is 13.2. The molecule has 0 spiro atoms. The van der Waals surface area contributed by atoms with Crippen molar-refractivity contribution in [3.05, 3.63) is 30.0 Å². The van der Waals surface area contributed by atoms with Crippen molar-refractivity contribution >= 4 is 16.7 Å². The van der Waals surface area contributed by atoms with Gasteiger partial charge in [-0.25, -0.2) is 0 Å². The quantitative estimate of drug-likeness (QED) is 0.914. The van der Waals surface area contributed by atoms with Gasteiger partial charge in [-0.05, 0) is 37.0 Å². The second kappa shape index (κ2) is 5.08. The summed E-state index contributed by atoms with van der Waals surface area (Å²) in [6.45, 7) is 0. The summed E-state index contributed by atoms with van der Waals surface area (Å²) in [6, 6.07) is 6.05. The van der Waals surface area contributed by atoms with Crippen LogP contribution in [0.15, 0.2) is 24.4 Å². The molecule has 100 valence electrons. The van der Waals surface area contributed by atoms with Gasteiger partial charge in [0.25, 0.3) is 0 Å². The van der Waals surface area contributed by atoms with Gasteiger partial charge in [0.15, 0.2) is 0 Å². The number of rotatable bonds is 3. The van der Waals surface area contributed by atoms with Crippen LogP contribution in [0.4, 0.5) is 0 Å². The maximum absolute atomic E-state index is 11.9. The minimum absolute atomic E-state index is 0.217.